The Kier molecular flexibility index (Phi) is 24.0. The zero-order valence-electron chi connectivity index (χ0n) is 26.9. The van der Waals surface area contributed by atoms with Gasteiger partial charge in [-0.25, -0.2) is 0 Å². The van der Waals surface area contributed by atoms with Crippen molar-refractivity contribution in [3.8, 4) is 0 Å². The van der Waals surface area contributed by atoms with Gasteiger partial charge in [-0.2, -0.15) is 0 Å². The van der Waals surface area contributed by atoms with Crippen LogP contribution in [-0.2, 0) is 22.4 Å². The maximum Gasteiger partial charge on any atom is 0.226 e. The van der Waals surface area contributed by atoms with E-state index in [1.807, 2.05) is 32.6 Å². The predicted molar refractivity (Wildman–Crippen MR) is 173 cm³/mol. The van der Waals surface area contributed by atoms with Gasteiger partial charge in [0.1, 0.15) is 5.78 Å². The largest absolute Gasteiger partial charge is 0.338 e. The highest BCUT2D eigenvalue weighted by Crippen LogP contribution is 2.15. The van der Waals surface area contributed by atoms with E-state index in [-0.39, 0.29) is 17.6 Å². The van der Waals surface area contributed by atoms with E-state index in [0.29, 0.717) is 19.5 Å². The first-order valence-corrected chi connectivity index (χ1v) is 15.1. The van der Waals surface area contributed by atoms with Crippen LogP contribution in [0.25, 0.3) is 0 Å². The lowest BCUT2D eigenvalue weighted by Gasteiger charge is -2.26. The monoisotopic (exact) mass is 537 g/mol. The van der Waals surface area contributed by atoms with Gasteiger partial charge in [-0.3, -0.25) is 4.79 Å². The molecule has 0 radical (unpaired) electrons. The minimum Gasteiger partial charge on any atom is -0.338 e. The quantitative estimate of drug-likeness (QED) is 0.235. The minimum absolute atomic E-state index is 0.0355. The van der Waals surface area contributed by atoms with E-state index < -0.39 is 0 Å². The van der Waals surface area contributed by atoms with Crippen molar-refractivity contribution in [3.05, 3.63) is 83.5 Å². The zero-order valence-corrected chi connectivity index (χ0v) is 26.9. The number of allylic oxidation sites excluding steroid dienone is 5. The number of hydrogen-bond acceptors (Lipinski definition) is 2. The molecule has 0 aliphatic heterocycles. The second-order valence-corrected chi connectivity index (χ2v) is 10.1. The van der Waals surface area contributed by atoms with Gasteiger partial charge in [-0.15, -0.1) is 0 Å². The summed E-state index contributed by atoms with van der Waals surface area (Å²) in [6.45, 7) is 26.8. The molecule has 1 atom stereocenters. The Hall–Kier alpha value is -2.68. The number of Topliss-reactive ketones (excluding diaryl/α,β-unsaturated/α-hetero) is 1. The minimum atomic E-state index is -0.269. The van der Waals surface area contributed by atoms with E-state index in [9.17, 15) is 9.59 Å². The van der Waals surface area contributed by atoms with E-state index >= 15 is 0 Å². The van der Waals surface area contributed by atoms with Crippen molar-refractivity contribution < 1.29 is 9.59 Å². The predicted octanol–water partition coefficient (Wildman–Crippen LogP) is 9.87. The number of carbonyl (C=O) groups is 2. The van der Waals surface area contributed by atoms with Crippen LogP contribution in [0.15, 0.2) is 72.4 Å². The van der Waals surface area contributed by atoms with Crippen molar-refractivity contribution in [2.75, 3.05) is 13.1 Å². The number of rotatable bonds is 13. The fraction of sp³-hybridized carbons (Fsp3) is 0.556. The average Bonchev–Trinajstić information content (AvgIpc) is 3.45. The molecule has 0 heterocycles. The van der Waals surface area contributed by atoms with Gasteiger partial charge in [0, 0.05) is 25.4 Å². The van der Waals surface area contributed by atoms with Gasteiger partial charge in [0.15, 0.2) is 0 Å². The van der Waals surface area contributed by atoms with Gasteiger partial charge in [0.2, 0.25) is 5.91 Å². The summed E-state index contributed by atoms with van der Waals surface area (Å²) in [7, 11) is 0. The molecule has 1 unspecified atom stereocenters. The summed E-state index contributed by atoms with van der Waals surface area (Å²) in [6.07, 6.45) is 14.8. The van der Waals surface area contributed by atoms with Crippen LogP contribution in [0.3, 0.4) is 0 Å². The Labute approximate surface area is 242 Å². The summed E-state index contributed by atoms with van der Waals surface area (Å²) in [5, 5.41) is 0. The van der Waals surface area contributed by atoms with Crippen molar-refractivity contribution in [1.29, 1.82) is 0 Å². The smallest absolute Gasteiger partial charge is 0.226 e. The number of hydrogen-bond donors (Lipinski definition) is 0. The van der Waals surface area contributed by atoms with E-state index in [4.69, 9.17) is 0 Å². The zero-order chi connectivity index (χ0) is 30.2. The van der Waals surface area contributed by atoms with Gasteiger partial charge < -0.3 is 9.69 Å². The fourth-order valence-electron chi connectivity index (χ4n) is 3.88. The van der Waals surface area contributed by atoms with Gasteiger partial charge in [0.25, 0.3) is 0 Å². The highest BCUT2D eigenvalue weighted by molar-refractivity contribution is 5.85. The molecular formula is C36H59NO2. The second-order valence-electron chi connectivity index (χ2n) is 10.1. The van der Waals surface area contributed by atoms with Crippen LogP contribution in [0.5, 0.6) is 0 Å². The SMILES string of the molecule is C=C(C)CN(CCc1ccc(CC)cc1)C(=O)C(C)CC(C)=O.C=C(CC)CC.CC.CCCC1=CC=CC1. The lowest BCUT2D eigenvalue weighted by Crippen LogP contribution is -2.38. The van der Waals surface area contributed by atoms with E-state index in [1.165, 1.54) is 42.9 Å². The van der Waals surface area contributed by atoms with E-state index in [2.05, 4.69) is 83.3 Å². The van der Waals surface area contributed by atoms with Crippen LogP contribution in [0, 0.1) is 5.92 Å². The number of benzene rings is 1. The Morgan fingerprint density at radius 2 is 1.49 bits per heavy atom. The fourth-order valence-corrected chi connectivity index (χ4v) is 3.88. The molecule has 1 amide bonds. The molecule has 220 valence electrons. The van der Waals surface area contributed by atoms with Crippen LogP contribution in [0.4, 0.5) is 0 Å². The average molecular weight is 538 g/mol. The number of aryl methyl sites for hydroxylation is 1. The summed E-state index contributed by atoms with van der Waals surface area (Å²) in [6, 6.07) is 8.53. The molecule has 0 N–H and O–H groups in total. The van der Waals surface area contributed by atoms with Gasteiger partial charge in [0.05, 0.1) is 0 Å². The summed E-state index contributed by atoms with van der Waals surface area (Å²) in [4.78, 5) is 25.6. The third kappa shape index (κ3) is 20.0. The molecule has 1 aliphatic rings. The summed E-state index contributed by atoms with van der Waals surface area (Å²) in [5.74, 6) is -0.182. The van der Waals surface area contributed by atoms with Gasteiger partial charge in [-0.05, 0) is 63.5 Å². The summed E-state index contributed by atoms with van der Waals surface area (Å²) < 4.78 is 0. The van der Waals surface area contributed by atoms with Crippen LogP contribution < -0.4 is 0 Å². The lowest BCUT2D eigenvalue weighted by molar-refractivity contribution is -0.136. The van der Waals surface area contributed by atoms with Crippen molar-refractivity contribution in [2.45, 2.75) is 114 Å². The molecule has 2 rings (SSSR count). The van der Waals surface area contributed by atoms with Crippen LogP contribution in [0.2, 0.25) is 0 Å². The molecular weight excluding hydrogens is 478 g/mol. The molecule has 0 spiro atoms. The highest BCUT2D eigenvalue weighted by atomic mass is 16.2. The van der Waals surface area contributed by atoms with Gasteiger partial charge in [-0.1, -0.05) is 127 Å². The second kappa shape index (κ2) is 24.4. The van der Waals surface area contributed by atoms with Gasteiger partial charge >= 0.3 is 0 Å². The number of nitrogens with zero attached hydrogens (tertiary/aromatic N) is 1. The molecule has 1 aliphatic carbocycles. The van der Waals surface area contributed by atoms with Crippen molar-refractivity contribution in [2.24, 2.45) is 5.92 Å². The maximum atomic E-state index is 12.6. The first kappa shape index (κ1) is 38.5. The first-order chi connectivity index (χ1) is 18.6. The topological polar surface area (TPSA) is 37.4 Å². The van der Waals surface area contributed by atoms with Crippen molar-refractivity contribution in [1.82, 2.24) is 4.90 Å². The van der Waals surface area contributed by atoms with Crippen LogP contribution >= 0.6 is 0 Å². The van der Waals surface area contributed by atoms with E-state index in [0.717, 1.165) is 31.3 Å². The van der Waals surface area contributed by atoms with E-state index in [1.54, 1.807) is 5.57 Å². The number of amides is 1. The third-order valence-corrected chi connectivity index (χ3v) is 6.31. The number of ketones is 1. The Morgan fingerprint density at radius 3 is 1.87 bits per heavy atom. The summed E-state index contributed by atoms with van der Waals surface area (Å²) >= 11 is 0. The number of carbonyl (C=O) groups excluding carboxylic acids is 2. The molecule has 1 aromatic rings. The Balaban J connectivity index is 0. The third-order valence-electron chi connectivity index (χ3n) is 6.31. The molecule has 39 heavy (non-hydrogen) atoms. The van der Waals surface area contributed by atoms with Crippen molar-refractivity contribution >= 4 is 11.7 Å². The molecule has 0 aromatic heterocycles. The molecule has 3 nitrogen and oxygen atoms in total. The maximum absolute atomic E-state index is 12.6. The first-order valence-electron chi connectivity index (χ1n) is 15.1. The normalized spacial score (nSPS) is 11.9. The Morgan fingerprint density at radius 1 is 0.923 bits per heavy atom. The molecule has 0 fully saturated rings. The molecule has 0 bridgehead atoms. The Bertz CT molecular complexity index is 883. The lowest BCUT2D eigenvalue weighted by atomic mass is 10.0. The van der Waals surface area contributed by atoms with Crippen LogP contribution in [-0.4, -0.2) is 29.7 Å². The summed E-state index contributed by atoms with van der Waals surface area (Å²) in [5.41, 5.74) is 6.43. The van der Waals surface area contributed by atoms with Crippen LogP contribution in [0.1, 0.15) is 112 Å². The van der Waals surface area contributed by atoms with Crippen molar-refractivity contribution in [3.63, 3.8) is 0 Å². The molecule has 3 heteroatoms. The molecule has 0 saturated carbocycles. The highest BCUT2D eigenvalue weighted by Gasteiger charge is 2.21. The molecule has 0 saturated heterocycles. The standard InChI is InChI=1S/C20H29NO2.C8H12.C6H12.C2H6/c1-6-18-7-9-19(10-8-18)11-12-21(14-15(2)3)20(23)16(4)13-17(5)22;1-2-5-8-6-3-4-7-8;1-4-6(3)5-2;1-2/h7-10,16H,2,6,11-14H2,1,3-5H3;3-4,6H,2,5,7H2,1H3;3-5H2,1-2H3;1-2H3. The molecule has 1 aromatic carbocycles.